The Morgan fingerprint density at radius 1 is 1.50 bits per heavy atom. The minimum absolute atomic E-state index is 0.192. The van der Waals surface area contributed by atoms with Crippen LogP contribution in [-0.4, -0.2) is 14.4 Å². The van der Waals surface area contributed by atoms with Crippen LogP contribution in [0, 0.1) is 6.92 Å². The van der Waals surface area contributed by atoms with E-state index in [9.17, 15) is 4.79 Å². The van der Waals surface area contributed by atoms with Gasteiger partial charge in [-0.3, -0.25) is 9.78 Å². The fourth-order valence-corrected chi connectivity index (χ4v) is 1.08. The van der Waals surface area contributed by atoms with Gasteiger partial charge in [-0.05, 0) is 6.92 Å². The van der Waals surface area contributed by atoms with Gasteiger partial charge in [0.15, 0.2) is 0 Å². The van der Waals surface area contributed by atoms with Gasteiger partial charge in [0.25, 0.3) is 5.56 Å². The second-order valence-electron chi connectivity index (χ2n) is 2.54. The molecule has 0 saturated carbocycles. The summed E-state index contributed by atoms with van der Waals surface area (Å²) in [6.07, 6.45) is 6.55. The highest BCUT2D eigenvalue weighted by Crippen LogP contribution is 2.00. The molecule has 0 spiro atoms. The van der Waals surface area contributed by atoms with E-state index in [2.05, 4.69) is 9.97 Å². The minimum atomic E-state index is -0.192. The lowest BCUT2D eigenvalue weighted by atomic mass is 10.3. The van der Waals surface area contributed by atoms with Gasteiger partial charge in [-0.2, -0.15) is 4.98 Å². The molecule has 2 aromatic heterocycles. The van der Waals surface area contributed by atoms with E-state index in [-0.39, 0.29) is 5.56 Å². The Bertz CT molecular complexity index is 475. The molecule has 0 atom stereocenters. The van der Waals surface area contributed by atoms with E-state index in [1.807, 2.05) is 0 Å². The van der Waals surface area contributed by atoms with Crippen LogP contribution in [0.2, 0.25) is 0 Å². The molecule has 12 heavy (non-hydrogen) atoms. The topological polar surface area (TPSA) is 47.3 Å². The molecule has 0 aliphatic heterocycles. The highest BCUT2D eigenvalue weighted by atomic mass is 16.1. The van der Waals surface area contributed by atoms with Crippen molar-refractivity contribution < 1.29 is 0 Å². The van der Waals surface area contributed by atoms with Crippen LogP contribution in [0.5, 0.6) is 0 Å². The summed E-state index contributed by atoms with van der Waals surface area (Å²) >= 11 is 0. The summed E-state index contributed by atoms with van der Waals surface area (Å²) < 4.78 is 1.77. The molecule has 0 fully saturated rings. The maximum absolute atomic E-state index is 11.1. The predicted octanol–water partition coefficient (Wildman–Crippen LogP) is 0.398. The minimum Gasteiger partial charge on any atom is -0.304 e. The van der Waals surface area contributed by atoms with Gasteiger partial charge >= 0.3 is 0 Å². The molecule has 2 rings (SSSR count). The first-order valence-electron chi connectivity index (χ1n) is 3.56. The molecular weight excluding hydrogens is 154 g/mol. The van der Waals surface area contributed by atoms with Crippen molar-refractivity contribution in [1.29, 1.82) is 0 Å². The van der Waals surface area contributed by atoms with Crippen LogP contribution in [0.25, 0.3) is 5.52 Å². The molecule has 0 unspecified atom stereocenters. The third-order valence-corrected chi connectivity index (χ3v) is 1.79. The number of fused-ring (bicyclic) bond motifs is 1. The van der Waals surface area contributed by atoms with Gasteiger partial charge in [-0.1, -0.05) is 0 Å². The van der Waals surface area contributed by atoms with Crippen molar-refractivity contribution >= 4 is 5.52 Å². The lowest BCUT2D eigenvalue weighted by Gasteiger charge is -1.99. The molecule has 0 amide bonds. The maximum Gasteiger partial charge on any atom is 0.276 e. The van der Waals surface area contributed by atoms with Crippen LogP contribution in [-0.2, 0) is 0 Å². The molecule has 0 N–H and O–H groups in total. The second-order valence-corrected chi connectivity index (χ2v) is 2.54. The smallest absolute Gasteiger partial charge is 0.276 e. The summed E-state index contributed by atoms with van der Waals surface area (Å²) in [6, 6.07) is 0. The van der Waals surface area contributed by atoms with Crippen LogP contribution in [0.4, 0.5) is 0 Å². The van der Waals surface area contributed by atoms with E-state index in [4.69, 9.17) is 0 Å². The summed E-state index contributed by atoms with van der Waals surface area (Å²) in [4.78, 5) is 18.7. The zero-order valence-corrected chi connectivity index (χ0v) is 6.56. The summed E-state index contributed by atoms with van der Waals surface area (Å²) in [6.45, 7) is 1.74. The highest BCUT2D eigenvalue weighted by Gasteiger charge is 1.98. The molecule has 0 aliphatic carbocycles. The fourth-order valence-electron chi connectivity index (χ4n) is 1.08. The van der Waals surface area contributed by atoms with Crippen molar-refractivity contribution in [3.63, 3.8) is 0 Å². The SMILES string of the molecule is Cc1c(=O)ncn2ccncc12. The van der Waals surface area contributed by atoms with Crippen molar-refractivity contribution in [2.24, 2.45) is 0 Å². The Balaban J connectivity index is 3.01. The van der Waals surface area contributed by atoms with Crippen molar-refractivity contribution in [3.05, 3.63) is 40.8 Å². The summed E-state index contributed by atoms with van der Waals surface area (Å²) in [5, 5.41) is 0. The van der Waals surface area contributed by atoms with Crippen molar-refractivity contribution in [2.75, 3.05) is 0 Å². The lowest BCUT2D eigenvalue weighted by molar-refractivity contribution is 1.00. The zero-order valence-electron chi connectivity index (χ0n) is 6.56. The zero-order chi connectivity index (χ0) is 8.55. The molecule has 0 bridgehead atoms. The Labute approximate surface area is 68.5 Å². The number of hydrogen-bond donors (Lipinski definition) is 0. The first-order valence-corrected chi connectivity index (χ1v) is 3.56. The highest BCUT2D eigenvalue weighted by molar-refractivity contribution is 5.49. The normalized spacial score (nSPS) is 10.4. The van der Waals surface area contributed by atoms with Crippen molar-refractivity contribution in [2.45, 2.75) is 6.92 Å². The van der Waals surface area contributed by atoms with Gasteiger partial charge in [-0.25, -0.2) is 0 Å². The maximum atomic E-state index is 11.1. The van der Waals surface area contributed by atoms with E-state index >= 15 is 0 Å². The average molecular weight is 161 g/mol. The van der Waals surface area contributed by atoms with E-state index in [0.29, 0.717) is 5.56 Å². The van der Waals surface area contributed by atoms with Gasteiger partial charge in [0.2, 0.25) is 0 Å². The molecular formula is C8H7N3O. The van der Waals surface area contributed by atoms with Crippen LogP contribution in [0.15, 0.2) is 29.7 Å². The molecule has 0 aromatic carbocycles. The van der Waals surface area contributed by atoms with Crippen LogP contribution in [0.1, 0.15) is 5.56 Å². The number of rotatable bonds is 0. The largest absolute Gasteiger partial charge is 0.304 e. The molecule has 2 heterocycles. The third-order valence-electron chi connectivity index (χ3n) is 1.79. The summed E-state index contributed by atoms with van der Waals surface area (Å²) in [7, 11) is 0. The number of aryl methyl sites for hydroxylation is 1. The van der Waals surface area contributed by atoms with Gasteiger partial charge in [0, 0.05) is 18.0 Å². The van der Waals surface area contributed by atoms with Crippen LogP contribution >= 0.6 is 0 Å². The molecule has 60 valence electrons. The quantitative estimate of drug-likeness (QED) is 0.561. The summed E-state index contributed by atoms with van der Waals surface area (Å²) in [5.41, 5.74) is 1.24. The fraction of sp³-hybridized carbons (Fsp3) is 0.125. The summed E-state index contributed by atoms with van der Waals surface area (Å²) in [5.74, 6) is 0. The monoisotopic (exact) mass is 161 g/mol. The van der Waals surface area contributed by atoms with Crippen molar-refractivity contribution in [3.8, 4) is 0 Å². The Hall–Kier alpha value is -1.71. The Kier molecular flexibility index (Phi) is 1.40. The van der Waals surface area contributed by atoms with E-state index < -0.39 is 0 Å². The predicted molar refractivity (Wildman–Crippen MR) is 44.0 cm³/mol. The van der Waals surface area contributed by atoms with E-state index in [1.54, 1.807) is 29.9 Å². The van der Waals surface area contributed by atoms with Gasteiger partial charge < -0.3 is 4.40 Å². The molecule has 0 radical (unpaired) electrons. The Morgan fingerprint density at radius 3 is 3.17 bits per heavy atom. The molecule has 4 nitrogen and oxygen atoms in total. The lowest BCUT2D eigenvalue weighted by Crippen LogP contribution is -2.11. The van der Waals surface area contributed by atoms with Gasteiger partial charge in [-0.15, -0.1) is 0 Å². The number of hydrogen-bond acceptors (Lipinski definition) is 3. The molecule has 4 heteroatoms. The standard InChI is InChI=1S/C8H7N3O/c1-6-7-4-9-2-3-11(7)5-10-8(6)12/h2-5H,1H3. The Morgan fingerprint density at radius 2 is 2.33 bits per heavy atom. The van der Waals surface area contributed by atoms with Gasteiger partial charge in [0.05, 0.1) is 11.7 Å². The first kappa shape index (κ1) is 6.97. The van der Waals surface area contributed by atoms with Gasteiger partial charge in [0.1, 0.15) is 6.33 Å². The number of aromatic nitrogens is 3. The molecule has 0 saturated heterocycles. The first-order chi connectivity index (χ1) is 5.79. The average Bonchev–Trinajstić information content (AvgIpc) is 2.12. The number of nitrogens with zero attached hydrogens (tertiary/aromatic N) is 3. The van der Waals surface area contributed by atoms with Crippen LogP contribution < -0.4 is 5.56 Å². The third kappa shape index (κ3) is 0.887. The van der Waals surface area contributed by atoms with E-state index in [0.717, 1.165) is 5.52 Å². The van der Waals surface area contributed by atoms with Crippen LogP contribution in [0.3, 0.4) is 0 Å². The molecule has 2 aromatic rings. The van der Waals surface area contributed by atoms with E-state index in [1.165, 1.54) is 6.33 Å². The second kappa shape index (κ2) is 2.41. The van der Waals surface area contributed by atoms with Crippen molar-refractivity contribution in [1.82, 2.24) is 14.4 Å². The molecule has 0 aliphatic rings.